The van der Waals surface area contributed by atoms with E-state index in [1.165, 1.54) is 0 Å². The molecule has 1 rings (SSSR count). The molecule has 0 aromatic carbocycles. The molecule has 1 aliphatic rings. The van der Waals surface area contributed by atoms with Crippen LogP contribution in [0.5, 0.6) is 0 Å². The van der Waals surface area contributed by atoms with Gasteiger partial charge in [0.2, 0.25) is 5.91 Å². The maximum atomic E-state index is 11.9. The van der Waals surface area contributed by atoms with E-state index in [2.05, 4.69) is 0 Å². The van der Waals surface area contributed by atoms with Gasteiger partial charge in [-0.2, -0.15) is 0 Å². The van der Waals surface area contributed by atoms with Crippen molar-refractivity contribution in [3.8, 4) is 0 Å². The lowest BCUT2D eigenvalue weighted by Gasteiger charge is -2.26. The highest BCUT2D eigenvalue weighted by Crippen LogP contribution is 2.31. The molecule has 0 spiro atoms. The van der Waals surface area contributed by atoms with Crippen molar-refractivity contribution in [1.82, 2.24) is 4.90 Å². The molecule has 1 saturated carbocycles. The fourth-order valence-corrected chi connectivity index (χ4v) is 1.63. The van der Waals surface area contributed by atoms with E-state index in [4.69, 9.17) is 4.74 Å². The molecule has 0 aromatic rings. The summed E-state index contributed by atoms with van der Waals surface area (Å²) in [6.07, 6.45) is 2.30. The van der Waals surface area contributed by atoms with Crippen LogP contribution in [0.3, 0.4) is 0 Å². The fourth-order valence-electron chi connectivity index (χ4n) is 1.63. The third-order valence-electron chi connectivity index (χ3n) is 2.70. The molecule has 0 radical (unpaired) electrons. The van der Waals surface area contributed by atoms with Gasteiger partial charge in [0.1, 0.15) is 0 Å². The summed E-state index contributed by atoms with van der Waals surface area (Å²) in [6.45, 7) is 6.62. The highest BCUT2D eigenvalue weighted by molar-refractivity contribution is 5.81. The Morgan fingerprint density at radius 2 is 2.00 bits per heavy atom. The summed E-state index contributed by atoms with van der Waals surface area (Å²) in [5.74, 6) is 0.181. The number of hydrogen-bond donors (Lipinski definition) is 0. The standard InChI is InChI=1S/C12H21NO3/c1-4-16-11(14)7-8-13(9(2)3)12(15)10-5-6-10/h9-10H,4-8H2,1-3H3. The second kappa shape index (κ2) is 5.87. The van der Waals surface area contributed by atoms with Gasteiger partial charge in [-0.15, -0.1) is 0 Å². The van der Waals surface area contributed by atoms with Gasteiger partial charge >= 0.3 is 5.97 Å². The van der Waals surface area contributed by atoms with Gasteiger partial charge in [0.15, 0.2) is 0 Å². The normalized spacial score (nSPS) is 15.0. The molecule has 16 heavy (non-hydrogen) atoms. The number of hydrogen-bond acceptors (Lipinski definition) is 3. The maximum Gasteiger partial charge on any atom is 0.307 e. The van der Waals surface area contributed by atoms with Gasteiger partial charge < -0.3 is 9.64 Å². The highest BCUT2D eigenvalue weighted by atomic mass is 16.5. The van der Waals surface area contributed by atoms with Gasteiger partial charge in [0, 0.05) is 18.5 Å². The SMILES string of the molecule is CCOC(=O)CCN(C(=O)C1CC1)C(C)C. The molecule has 0 bridgehead atoms. The van der Waals surface area contributed by atoms with E-state index < -0.39 is 0 Å². The lowest BCUT2D eigenvalue weighted by atomic mass is 10.2. The van der Waals surface area contributed by atoms with Crippen molar-refractivity contribution in [2.75, 3.05) is 13.2 Å². The lowest BCUT2D eigenvalue weighted by Crippen LogP contribution is -2.39. The summed E-state index contributed by atoms with van der Waals surface area (Å²) < 4.78 is 4.85. The van der Waals surface area contributed by atoms with Crippen LogP contribution < -0.4 is 0 Å². The number of carbonyl (C=O) groups is 2. The molecular weight excluding hydrogens is 206 g/mol. The molecule has 1 amide bonds. The average Bonchev–Trinajstić information content (AvgIpc) is 3.00. The summed E-state index contributed by atoms with van der Waals surface area (Å²) in [5, 5.41) is 0. The molecule has 0 aromatic heterocycles. The van der Waals surface area contributed by atoms with Crippen molar-refractivity contribution in [2.45, 2.75) is 46.1 Å². The van der Waals surface area contributed by atoms with Crippen LogP contribution in [0.1, 0.15) is 40.0 Å². The zero-order valence-corrected chi connectivity index (χ0v) is 10.4. The first-order valence-corrected chi connectivity index (χ1v) is 6.02. The topological polar surface area (TPSA) is 46.6 Å². The van der Waals surface area contributed by atoms with E-state index in [1.807, 2.05) is 13.8 Å². The number of ether oxygens (including phenoxy) is 1. The van der Waals surface area contributed by atoms with Gasteiger partial charge in [-0.3, -0.25) is 9.59 Å². The van der Waals surface area contributed by atoms with E-state index in [1.54, 1.807) is 11.8 Å². The summed E-state index contributed by atoms with van der Waals surface area (Å²) in [5.41, 5.74) is 0. The first-order chi connectivity index (χ1) is 7.56. The van der Waals surface area contributed by atoms with E-state index in [9.17, 15) is 9.59 Å². The number of nitrogens with zero attached hydrogens (tertiary/aromatic N) is 1. The minimum Gasteiger partial charge on any atom is -0.466 e. The molecule has 0 N–H and O–H groups in total. The van der Waals surface area contributed by atoms with Crippen molar-refractivity contribution >= 4 is 11.9 Å². The van der Waals surface area contributed by atoms with Crippen molar-refractivity contribution < 1.29 is 14.3 Å². The molecule has 0 heterocycles. The third kappa shape index (κ3) is 3.83. The Morgan fingerprint density at radius 1 is 1.38 bits per heavy atom. The van der Waals surface area contributed by atoms with Crippen LogP contribution in [0.4, 0.5) is 0 Å². The van der Waals surface area contributed by atoms with Crippen molar-refractivity contribution in [3.63, 3.8) is 0 Å². The Kier molecular flexibility index (Phi) is 4.77. The molecule has 1 fully saturated rings. The number of rotatable bonds is 6. The maximum absolute atomic E-state index is 11.9. The Hall–Kier alpha value is -1.06. The van der Waals surface area contributed by atoms with Crippen LogP contribution in [0, 0.1) is 5.92 Å². The van der Waals surface area contributed by atoms with Crippen molar-refractivity contribution in [2.24, 2.45) is 5.92 Å². The van der Waals surface area contributed by atoms with Gasteiger partial charge in [-0.1, -0.05) is 0 Å². The summed E-state index contributed by atoms with van der Waals surface area (Å²) in [6, 6.07) is 0.155. The van der Waals surface area contributed by atoms with Gasteiger partial charge in [0.25, 0.3) is 0 Å². The molecule has 0 aliphatic heterocycles. The lowest BCUT2D eigenvalue weighted by molar-refractivity contribution is -0.144. The van der Waals surface area contributed by atoms with Crippen LogP contribution in [0.25, 0.3) is 0 Å². The van der Waals surface area contributed by atoms with Gasteiger partial charge in [0.05, 0.1) is 13.0 Å². The summed E-state index contributed by atoms with van der Waals surface area (Å²) >= 11 is 0. The number of esters is 1. The zero-order chi connectivity index (χ0) is 12.1. The first kappa shape index (κ1) is 13.0. The molecule has 4 heteroatoms. The van der Waals surface area contributed by atoms with E-state index in [0.29, 0.717) is 19.6 Å². The predicted molar refractivity (Wildman–Crippen MR) is 60.8 cm³/mol. The predicted octanol–water partition coefficient (Wildman–Crippen LogP) is 1.59. The molecule has 0 saturated heterocycles. The van der Waals surface area contributed by atoms with Gasteiger partial charge in [-0.05, 0) is 33.6 Å². The van der Waals surface area contributed by atoms with Crippen LogP contribution >= 0.6 is 0 Å². The monoisotopic (exact) mass is 227 g/mol. The van der Waals surface area contributed by atoms with Crippen LogP contribution in [-0.4, -0.2) is 36.0 Å². The molecule has 4 nitrogen and oxygen atoms in total. The number of carbonyl (C=O) groups excluding carboxylic acids is 2. The Balaban J connectivity index is 2.38. The van der Waals surface area contributed by atoms with Gasteiger partial charge in [-0.25, -0.2) is 0 Å². The fraction of sp³-hybridized carbons (Fsp3) is 0.833. The molecule has 1 aliphatic carbocycles. The Labute approximate surface area is 96.9 Å². The van der Waals surface area contributed by atoms with E-state index in [0.717, 1.165) is 12.8 Å². The smallest absolute Gasteiger partial charge is 0.307 e. The largest absolute Gasteiger partial charge is 0.466 e. The average molecular weight is 227 g/mol. The second-order valence-electron chi connectivity index (χ2n) is 4.45. The summed E-state index contributed by atoms with van der Waals surface area (Å²) in [4.78, 5) is 24.9. The van der Waals surface area contributed by atoms with Crippen LogP contribution in [-0.2, 0) is 14.3 Å². The van der Waals surface area contributed by atoms with Crippen LogP contribution in [0.15, 0.2) is 0 Å². The quantitative estimate of drug-likeness (QED) is 0.647. The first-order valence-electron chi connectivity index (χ1n) is 6.02. The Morgan fingerprint density at radius 3 is 2.44 bits per heavy atom. The summed E-state index contributed by atoms with van der Waals surface area (Å²) in [7, 11) is 0. The van der Waals surface area contributed by atoms with E-state index >= 15 is 0 Å². The molecule has 92 valence electrons. The van der Waals surface area contributed by atoms with Crippen LogP contribution in [0.2, 0.25) is 0 Å². The minimum atomic E-state index is -0.225. The van der Waals surface area contributed by atoms with E-state index in [-0.39, 0.29) is 23.8 Å². The zero-order valence-electron chi connectivity index (χ0n) is 10.4. The molecule has 0 unspecified atom stereocenters. The van der Waals surface area contributed by atoms with Crippen molar-refractivity contribution in [3.05, 3.63) is 0 Å². The second-order valence-corrected chi connectivity index (χ2v) is 4.45. The molecular formula is C12H21NO3. The minimum absolute atomic E-state index is 0.155. The third-order valence-corrected chi connectivity index (χ3v) is 2.70. The number of amides is 1. The Bertz CT molecular complexity index is 259. The highest BCUT2D eigenvalue weighted by Gasteiger charge is 2.34. The van der Waals surface area contributed by atoms with Crippen molar-refractivity contribution in [1.29, 1.82) is 0 Å². The molecule has 0 atom stereocenters.